The van der Waals surface area contributed by atoms with E-state index in [1.165, 1.54) is 6.07 Å². The van der Waals surface area contributed by atoms with Crippen molar-refractivity contribution in [1.29, 1.82) is 0 Å². The molecule has 144 valence electrons. The summed E-state index contributed by atoms with van der Waals surface area (Å²) in [5.74, 6) is 1.77. The Kier molecular flexibility index (Phi) is 6.57. The van der Waals surface area contributed by atoms with Gasteiger partial charge in [-0.3, -0.25) is 10.1 Å². The number of H-pyrrole nitrogens is 1. The van der Waals surface area contributed by atoms with Crippen LogP contribution in [0.5, 0.6) is 5.75 Å². The Labute approximate surface area is 171 Å². The van der Waals surface area contributed by atoms with Gasteiger partial charge in [-0.05, 0) is 48.5 Å². The van der Waals surface area contributed by atoms with Gasteiger partial charge in [0.1, 0.15) is 11.4 Å². The highest BCUT2D eigenvalue weighted by Crippen LogP contribution is 2.23. The van der Waals surface area contributed by atoms with Gasteiger partial charge in [0.2, 0.25) is 0 Å². The minimum atomic E-state index is -0.263. The number of hydrogen-bond acceptors (Lipinski definition) is 4. The molecule has 9 heteroatoms. The molecule has 3 aromatic rings. The molecule has 0 bridgehead atoms. The molecule has 0 unspecified atom stereocenters. The van der Waals surface area contributed by atoms with E-state index in [-0.39, 0.29) is 17.5 Å². The van der Waals surface area contributed by atoms with Gasteiger partial charge in [0, 0.05) is 16.0 Å². The van der Waals surface area contributed by atoms with Crippen molar-refractivity contribution in [3.63, 3.8) is 0 Å². The van der Waals surface area contributed by atoms with Gasteiger partial charge in [0.05, 0.1) is 18.6 Å². The van der Waals surface area contributed by atoms with E-state index in [9.17, 15) is 4.79 Å². The first kappa shape index (κ1) is 19.8. The van der Waals surface area contributed by atoms with Gasteiger partial charge in [0.25, 0.3) is 11.5 Å². The largest absolute Gasteiger partial charge is 0.497 e. The maximum absolute atomic E-state index is 11.9. The minimum Gasteiger partial charge on any atom is -0.497 e. The number of guanidine groups is 1. The summed E-state index contributed by atoms with van der Waals surface area (Å²) in [5, 5.41) is 3.67. The zero-order valence-corrected chi connectivity index (χ0v) is 16.6. The van der Waals surface area contributed by atoms with E-state index in [4.69, 9.17) is 22.1 Å². The number of halogens is 1. The van der Waals surface area contributed by atoms with Crippen LogP contribution in [0.1, 0.15) is 5.69 Å². The first-order valence-electron chi connectivity index (χ1n) is 8.31. The molecule has 5 N–H and O–H groups in total. The van der Waals surface area contributed by atoms with Gasteiger partial charge in [-0.15, -0.1) is 16.7 Å². The summed E-state index contributed by atoms with van der Waals surface area (Å²) < 4.78 is 5.12. The van der Waals surface area contributed by atoms with E-state index in [0.29, 0.717) is 16.5 Å². The van der Waals surface area contributed by atoms with Gasteiger partial charge in [-0.25, -0.2) is 9.98 Å². The Morgan fingerprint density at radius 3 is 2.64 bits per heavy atom. The Bertz CT molecular complexity index is 1020. The summed E-state index contributed by atoms with van der Waals surface area (Å²) in [6.45, 7) is 0. The molecule has 0 aliphatic rings. The number of hydrogen-bond donors (Lipinski definition) is 4. The maximum atomic E-state index is 11.9. The second kappa shape index (κ2) is 9.29. The van der Waals surface area contributed by atoms with Crippen molar-refractivity contribution in [2.45, 2.75) is 10.6 Å². The maximum Gasteiger partial charge on any atom is 0.325 e. The number of anilines is 1. The van der Waals surface area contributed by atoms with E-state index < -0.39 is 0 Å². The van der Waals surface area contributed by atoms with Crippen LogP contribution in [0.15, 0.2) is 64.3 Å². The van der Waals surface area contributed by atoms with Crippen LogP contribution < -0.4 is 26.3 Å². The molecule has 2 aromatic carbocycles. The summed E-state index contributed by atoms with van der Waals surface area (Å²) in [6, 6.07) is 16.2. The van der Waals surface area contributed by atoms with Crippen LogP contribution in [-0.4, -0.2) is 23.0 Å². The predicted molar refractivity (Wildman–Crippen MR) is 112 cm³/mol. The number of rotatable bonds is 6. The molecule has 3 rings (SSSR count). The van der Waals surface area contributed by atoms with E-state index in [2.05, 4.69) is 20.3 Å². The predicted octanol–water partition coefficient (Wildman–Crippen LogP) is 1.86. The summed E-state index contributed by atoms with van der Waals surface area (Å²) in [6.07, 6.45) is 0. The Hall–Kier alpha value is -2.97. The number of nitrogens with zero attached hydrogens (tertiary/aromatic N) is 1. The van der Waals surface area contributed by atoms with Crippen LogP contribution in [0.3, 0.4) is 0 Å². The molecule has 0 saturated heterocycles. The molecule has 28 heavy (non-hydrogen) atoms. The van der Waals surface area contributed by atoms with Crippen molar-refractivity contribution in [3.05, 3.63) is 75.7 Å². The first-order valence-corrected chi connectivity index (χ1v) is 9.67. The van der Waals surface area contributed by atoms with Crippen molar-refractivity contribution in [2.75, 3.05) is 12.4 Å². The normalized spacial score (nSPS) is 11.3. The molecule has 0 saturated carbocycles. The van der Waals surface area contributed by atoms with Gasteiger partial charge < -0.3 is 10.5 Å². The average molecular weight is 417 g/mol. The fourth-order valence-electron chi connectivity index (χ4n) is 2.32. The molecule has 0 spiro atoms. The van der Waals surface area contributed by atoms with Crippen molar-refractivity contribution >= 4 is 41.0 Å². The third-order valence-electron chi connectivity index (χ3n) is 3.62. The topological polar surface area (TPSA) is 107 Å². The van der Waals surface area contributed by atoms with Gasteiger partial charge in [-0.2, -0.15) is 0 Å². The van der Waals surface area contributed by atoms with Crippen molar-refractivity contribution in [3.8, 4) is 5.75 Å². The molecule has 0 radical (unpaired) electrons. The molecule has 0 aliphatic carbocycles. The lowest BCUT2D eigenvalue weighted by Gasteiger charge is -2.04. The summed E-state index contributed by atoms with van der Waals surface area (Å²) >= 11 is 7.45. The van der Waals surface area contributed by atoms with Crippen molar-refractivity contribution in [1.82, 2.24) is 9.97 Å². The molecular weight excluding hydrogens is 398 g/mol. The number of nitrogens with two attached hydrogens (primary N) is 1. The second-order valence-electron chi connectivity index (χ2n) is 5.72. The summed E-state index contributed by atoms with van der Waals surface area (Å²) in [5.41, 5.74) is 7.10. The molecule has 7 nitrogen and oxygen atoms in total. The highest BCUT2D eigenvalue weighted by molar-refractivity contribution is 7.98. The fraction of sp³-hybridized carbons (Fsp3) is 0.105. The second-order valence-corrected chi connectivity index (χ2v) is 7.21. The molecular formula is C19H19ClN5O2S+. The first-order chi connectivity index (χ1) is 13.5. The van der Waals surface area contributed by atoms with Gasteiger partial charge >= 0.3 is 5.95 Å². The van der Waals surface area contributed by atoms with Crippen LogP contribution in [0.2, 0.25) is 5.02 Å². The number of aromatic amines is 1. The number of thioether (sulfide) groups is 1. The zero-order chi connectivity index (χ0) is 19.9. The molecule has 1 heterocycles. The highest BCUT2D eigenvalue weighted by atomic mass is 35.5. The summed E-state index contributed by atoms with van der Waals surface area (Å²) in [4.78, 5) is 22.9. The van der Waals surface area contributed by atoms with Crippen LogP contribution >= 0.6 is 23.4 Å². The van der Waals surface area contributed by atoms with E-state index in [1.807, 2.05) is 48.5 Å². The van der Waals surface area contributed by atoms with Crippen LogP contribution in [0.4, 0.5) is 11.6 Å². The Morgan fingerprint density at radius 2 is 1.96 bits per heavy atom. The average Bonchev–Trinajstić information content (AvgIpc) is 2.67. The SMILES string of the molecule is COc1ccc(NC(N)=[NH+]c2nc(CSc3ccc(Cl)cc3)cc(=O)[nH]2)cc1. The zero-order valence-electron chi connectivity index (χ0n) is 15.0. The monoisotopic (exact) mass is 416 g/mol. The number of ether oxygens (including phenoxy) is 1. The van der Waals surface area contributed by atoms with Crippen LogP contribution in [0.25, 0.3) is 0 Å². The minimum absolute atomic E-state index is 0.232. The highest BCUT2D eigenvalue weighted by Gasteiger charge is 2.08. The fourth-order valence-corrected chi connectivity index (χ4v) is 3.23. The van der Waals surface area contributed by atoms with E-state index in [0.717, 1.165) is 16.3 Å². The quantitative estimate of drug-likeness (QED) is 0.277. The molecule has 1 aromatic heterocycles. The Morgan fingerprint density at radius 1 is 1.25 bits per heavy atom. The molecule has 0 amide bonds. The Balaban J connectivity index is 1.69. The third-order valence-corrected chi connectivity index (χ3v) is 4.91. The van der Waals surface area contributed by atoms with E-state index in [1.54, 1.807) is 18.9 Å². The van der Waals surface area contributed by atoms with Crippen molar-refractivity contribution in [2.24, 2.45) is 5.73 Å². The molecule has 0 atom stereocenters. The lowest BCUT2D eigenvalue weighted by Crippen LogP contribution is -2.73. The van der Waals surface area contributed by atoms with Crippen LogP contribution in [0, 0.1) is 0 Å². The molecule has 0 aliphatic heterocycles. The van der Waals surface area contributed by atoms with Gasteiger partial charge in [-0.1, -0.05) is 11.6 Å². The molecule has 0 fully saturated rings. The lowest BCUT2D eigenvalue weighted by atomic mass is 10.3. The third kappa shape index (κ3) is 5.77. The number of benzene rings is 2. The smallest absolute Gasteiger partial charge is 0.325 e. The van der Waals surface area contributed by atoms with Gasteiger partial charge in [0.15, 0.2) is 0 Å². The number of aromatic nitrogens is 2. The van der Waals surface area contributed by atoms with Crippen molar-refractivity contribution < 1.29 is 9.73 Å². The van der Waals surface area contributed by atoms with E-state index >= 15 is 0 Å². The summed E-state index contributed by atoms with van der Waals surface area (Å²) in [7, 11) is 1.60. The lowest BCUT2D eigenvalue weighted by molar-refractivity contribution is -0.365. The van der Waals surface area contributed by atoms with Crippen LogP contribution in [-0.2, 0) is 5.75 Å². The number of methoxy groups -OCH3 is 1. The number of nitrogens with one attached hydrogen (secondary N) is 3. The standard InChI is InChI=1S/C19H18ClN5O2S/c1-27-15-6-4-13(5-7-15)22-18(21)25-19-23-14(10-17(26)24-19)11-28-16-8-2-12(20)3-9-16/h2-10H,11H2,1H3,(H4,21,22,23,24,25,26)/p+1.